The van der Waals surface area contributed by atoms with Gasteiger partial charge in [-0.05, 0) is 48.9 Å². The molecule has 1 aliphatic rings. The molecule has 0 aromatic heterocycles. The summed E-state index contributed by atoms with van der Waals surface area (Å²) in [5.74, 6) is -0.145. The largest absolute Gasteiger partial charge is 0.352 e. The van der Waals surface area contributed by atoms with Gasteiger partial charge in [-0.25, -0.2) is 0 Å². The van der Waals surface area contributed by atoms with Crippen molar-refractivity contribution < 1.29 is 9.59 Å². The maximum atomic E-state index is 13.4. The minimum atomic E-state index is -0.535. The topological polar surface area (TPSA) is 49.4 Å². The first kappa shape index (κ1) is 24.6. The first-order valence-corrected chi connectivity index (χ1v) is 12.3. The summed E-state index contributed by atoms with van der Waals surface area (Å²) >= 11 is 12.7. The number of carbonyl (C=O) groups excluding carboxylic acids is 2. The van der Waals surface area contributed by atoms with Crippen LogP contribution in [0.15, 0.2) is 48.5 Å². The van der Waals surface area contributed by atoms with Gasteiger partial charge in [0.25, 0.3) is 0 Å². The van der Waals surface area contributed by atoms with E-state index in [1.165, 1.54) is 6.42 Å². The van der Waals surface area contributed by atoms with E-state index in [0.29, 0.717) is 29.4 Å². The zero-order valence-corrected chi connectivity index (χ0v) is 20.2. The fraction of sp³-hybridized carbons (Fsp3) is 0.462. The van der Waals surface area contributed by atoms with Crippen molar-refractivity contribution in [3.63, 3.8) is 0 Å². The Morgan fingerprint density at radius 2 is 1.56 bits per heavy atom. The van der Waals surface area contributed by atoms with E-state index in [0.717, 1.165) is 36.8 Å². The third kappa shape index (κ3) is 6.73. The highest BCUT2D eigenvalue weighted by molar-refractivity contribution is 6.31. The fourth-order valence-electron chi connectivity index (χ4n) is 4.36. The Kier molecular flexibility index (Phi) is 9.43. The summed E-state index contributed by atoms with van der Waals surface area (Å²) in [7, 11) is 0. The summed E-state index contributed by atoms with van der Waals surface area (Å²) < 4.78 is 0. The smallest absolute Gasteiger partial charge is 0.243 e. The zero-order chi connectivity index (χ0) is 22.9. The van der Waals surface area contributed by atoms with Crippen LogP contribution in [0.5, 0.6) is 0 Å². The second-order valence-corrected chi connectivity index (χ2v) is 9.29. The Hall–Kier alpha value is -2.04. The maximum Gasteiger partial charge on any atom is 0.243 e. The van der Waals surface area contributed by atoms with Crippen molar-refractivity contribution >= 4 is 35.0 Å². The van der Waals surface area contributed by atoms with Crippen LogP contribution < -0.4 is 5.32 Å². The second kappa shape index (κ2) is 12.3. The molecule has 0 aliphatic heterocycles. The van der Waals surface area contributed by atoms with Gasteiger partial charge in [-0.15, -0.1) is 0 Å². The predicted molar refractivity (Wildman–Crippen MR) is 131 cm³/mol. The number of carbonyl (C=O) groups is 2. The monoisotopic (exact) mass is 474 g/mol. The molecule has 1 unspecified atom stereocenters. The van der Waals surface area contributed by atoms with Gasteiger partial charge in [0.1, 0.15) is 6.04 Å². The number of hydrogen-bond donors (Lipinski definition) is 1. The summed E-state index contributed by atoms with van der Waals surface area (Å²) in [5, 5.41) is 4.45. The van der Waals surface area contributed by atoms with Gasteiger partial charge in [-0.2, -0.15) is 0 Å². The number of halogens is 2. The lowest BCUT2D eigenvalue weighted by Gasteiger charge is -2.33. The Morgan fingerprint density at radius 3 is 2.16 bits per heavy atom. The van der Waals surface area contributed by atoms with Crippen molar-refractivity contribution in [2.75, 3.05) is 0 Å². The first-order chi connectivity index (χ1) is 15.5. The number of hydrogen-bond acceptors (Lipinski definition) is 2. The summed E-state index contributed by atoms with van der Waals surface area (Å²) in [5.41, 5.74) is 1.77. The Balaban J connectivity index is 1.77. The summed E-state index contributed by atoms with van der Waals surface area (Å²) in [6.07, 6.45) is 6.87. The van der Waals surface area contributed by atoms with Crippen LogP contribution in [0.25, 0.3) is 0 Å². The molecular formula is C26H32Cl2N2O2. The highest BCUT2D eigenvalue weighted by Gasteiger charge is 2.30. The molecule has 1 atom stereocenters. The third-order valence-corrected chi connectivity index (χ3v) is 6.94. The lowest BCUT2D eigenvalue weighted by molar-refractivity contribution is -0.141. The molecule has 3 rings (SSSR count). The molecule has 6 heteroatoms. The molecule has 0 spiro atoms. The Morgan fingerprint density at radius 1 is 0.969 bits per heavy atom. The molecule has 1 fully saturated rings. The SMILES string of the molecule is CCC(C(=O)NC1CCCCC1)N(Cc1ccccc1Cl)C(=O)CCc1ccccc1Cl. The van der Waals surface area contributed by atoms with E-state index in [9.17, 15) is 9.59 Å². The van der Waals surface area contributed by atoms with E-state index in [1.54, 1.807) is 4.90 Å². The van der Waals surface area contributed by atoms with E-state index >= 15 is 0 Å². The Labute approximate surface area is 201 Å². The second-order valence-electron chi connectivity index (χ2n) is 8.47. The standard InChI is InChI=1S/C26H32Cl2N2O2/c1-2-24(26(32)29-21-12-4-3-5-13-21)30(18-20-11-7-9-15-23(20)28)25(31)17-16-19-10-6-8-14-22(19)27/h6-11,14-15,21,24H,2-5,12-13,16-18H2,1H3,(H,29,32). The van der Waals surface area contributed by atoms with Gasteiger partial charge < -0.3 is 10.2 Å². The molecule has 1 aliphatic carbocycles. The molecule has 2 amide bonds. The molecule has 0 saturated heterocycles. The van der Waals surface area contributed by atoms with Gasteiger partial charge in [0.2, 0.25) is 11.8 Å². The maximum absolute atomic E-state index is 13.4. The zero-order valence-electron chi connectivity index (χ0n) is 18.7. The number of nitrogens with zero attached hydrogens (tertiary/aromatic N) is 1. The summed E-state index contributed by atoms with van der Waals surface area (Å²) in [6.45, 7) is 2.25. The molecule has 0 heterocycles. The molecule has 2 aromatic rings. The van der Waals surface area contributed by atoms with Crippen molar-refractivity contribution in [3.8, 4) is 0 Å². The van der Waals surface area contributed by atoms with Crippen LogP contribution in [0.1, 0.15) is 63.0 Å². The number of benzene rings is 2. The molecule has 0 bridgehead atoms. The average Bonchev–Trinajstić information content (AvgIpc) is 2.80. The van der Waals surface area contributed by atoms with Crippen LogP contribution in [0.3, 0.4) is 0 Å². The van der Waals surface area contributed by atoms with Crippen LogP contribution in [-0.2, 0) is 22.6 Å². The third-order valence-electron chi connectivity index (χ3n) is 6.20. The normalized spacial score (nSPS) is 15.2. The highest BCUT2D eigenvalue weighted by atomic mass is 35.5. The number of rotatable bonds is 9. The molecule has 1 saturated carbocycles. The van der Waals surface area contributed by atoms with Crippen LogP contribution in [0, 0.1) is 0 Å². The predicted octanol–water partition coefficient (Wildman–Crippen LogP) is 6.18. The quantitative estimate of drug-likeness (QED) is 0.471. The van der Waals surface area contributed by atoms with Gasteiger partial charge in [-0.1, -0.05) is 85.8 Å². The van der Waals surface area contributed by atoms with Crippen LogP contribution >= 0.6 is 23.2 Å². The van der Waals surface area contributed by atoms with Crippen LogP contribution in [0.2, 0.25) is 10.0 Å². The van der Waals surface area contributed by atoms with Gasteiger partial charge >= 0.3 is 0 Å². The molecule has 4 nitrogen and oxygen atoms in total. The number of aryl methyl sites for hydroxylation is 1. The van der Waals surface area contributed by atoms with Gasteiger partial charge in [0, 0.05) is 29.1 Å². The van der Waals surface area contributed by atoms with Crippen molar-refractivity contribution in [1.29, 1.82) is 0 Å². The molecular weight excluding hydrogens is 443 g/mol. The molecule has 1 N–H and O–H groups in total. The van der Waals surface area contributed by atoms with Crippen LogP contribution in [0.4, 0.5) is 0 Å². The van der Waals surface area contributed by atoms with E-state index < -0.39 is 6.04 Å². The van der Waals surface area contributed by atoms with Gasteiger partial charge in [-0.3, -0.25) is 9.59 Å². The first-order valence-electron chi connectivity index (χ1n) is 11.6. The van der Waals surface area contributed by atoms with Crippen molar-refractivity contribution in [2.45, 2.75) is 76.9 Å². The molecule has 172 valence electrons. The minimum absolute atomic E-state index is 0.0717. The summed E-state index contributed by atoms with van der Waals surface area (Å²) in [4.78, 5) is 28.3. The minimum Gasteiger partial charge on any atom is -0.352 e. The van der Waals surface area contributed by atoms with Gasteiger partial charge in [0.05, 0.1) is 0 Å². The van der Waals surface area contributed by atoms with Crippen LogP contribution in [-0.4, -0.2) is 28.8 Å². The van der Waals surface area contributed by atoms with Gasteiger partial charge in [0.15, 0.2) is 0 Å². The van der Waals surface area contributed by atoms with Crippen molar-refractivity contribution in [2.24, 2.45) is 0 Å². The highest BCUT2D eigenvalue weighted by Crippen LogP contribution is 2.23. The van der Waals surface area contributed by atoms with Crippen molar-refractivity contribution in [1.82, 2.24) is 10.2 Å². The Bertz CT molecular complexity index is 912. The average molecular weight is 475 g/mol. The van der Waals surface area contributed by atoms with E-state index in [2.05, 4.69) is 5.32 Å². The lowest BCUT2D eigenvalue weighted by Crippen LogP contribution is -2.51. The number of nitrogens with one attached hydrogen (secondary N) is 1. The lowest BCUT2D eigenvalue weighted by atomic mass is 9.95. The number of amides is 2. The summed E-state index contributed by atoms with van der Waals surface area (Å²) in [6, 6.07) is 14.7. The molecule has 32 heavy (non-hydrogen) atoms. The molecule has 0 radical (unpaired) electrons. The molecule has 2 aromatic carbocycles. The van der Waals surface area contributed by atoms with E-state index in [4.69, 9.17) is 23.2 Å². The van der Waals surface area contributed by atoms with Crippen molar-refractivity contribution in [3.05, 3.63) is 69.7 Å². The van der Waals surface area contributed by atoms with E-state index in [-0.39, 0.29) is 24.3 Å². The fourth-order valence-corrected chi connectivity index (χ4v) is 4.79. The van der Waals surface area contributed by atoms with E-state index in [1.807, 2.05) is 55.5 Å².